The molecule has 0 aromatic carbocycles. The minimum absolute atomic E-state index is 0.0275. The van der Waals surface area contributed by atoms with Crippen LogP contribution in [0.3, 0.4) is 0 Å². The van der Waals surface area contributed by atoms with Gasteiger partial charge >= 0.3 is 19.8 Å². The molecule has 0 saturated heterocycles. The van der Waals surface area contributed by atoms with Crippen molar-refractivity contribution in [3.63, 3.8) is 0 Å². The van der Waals surface area contributed by atoms with E-state index in [0.717, 1.165) is 89.9 Å². The summed E-state index contributed by atoms with van der Waals surface area (Å²) in [4.78, 5) is 35.9. The SMILES string of the molecule is CC/C=C\C/C=C\C/C=C\C/C=C\C/C=C\C/C=C\C/C=C\CCCCCCCCCCCC(=O)OC(COC(=O)CCCCCCCCCCCCCCCCCCC/C=C\CCCCCCCCCC)COP(=O)(O)OCC[N+](C)(C)C. The summed E-state index contributed by atoms with van der Waals surface area (Å²) in [5.74, 6) is -0.797. The number of carbonyl (C=O) groups excluding carboxylic acids is 2. The first-order valence-corrected chi connectivity index (χ1v) is 36.5. The van der Waals surface area contributed by atoms with Crippen molar-refractivity contribution in [1.29, 1.82) is 0 Å². The number of allylic oxidation sites excluding steroid dienone is 16. The molecule has 486 valence electrons. The highest BCUT2D eigenvalue weighted by Crippen LogP contribution is 2.43. The smallest absolute Gasteiger partial charge is 0.462 e. The first kappa shape index (κ1) is 80.9. The number of carbonyl (C=O) groups is 2. The molecule has 0 aromatic heterocycles. The van der Waals surface area contributed by atoms with Crippen LogP contribution in [0.1, 0.15) is 309 Å². The molecule has 0 spiro atoms. The van der Waals surface area contributed by atoms with E-state index in [9.17, 15) is 19.0 Å². The summed E-state index contributed by atoms with van der Waals surface area (Å²) in [7, 11) is 1.47. The van der Waals surface area contributed by atoms with Crippen molar-refractivity contribution in [2.45, 2.75) is 315 Å². The van der Waals surface area contributed by atoms with E-state index >= 15 is 0 Å². The molecule has 1 N–H and O–H groups in total. The third-order valence-corrected chi connectivity index (χ3v) is 16.1. The lowest BCUT2D eigenvalue weighted by molar-refractivity contribution is -0.870. The Morgan fingerprint density at radius 3 is 1.02 bits per heavy atom. The zero-order valence-electron chi connectivity index (χ0n) is 55.4. The maximum atomic E-state index is 12.9. The largest absolute Gasteiger partial charge is 0.472 e. The monoisotopic (exact) mass is 1190 g/mol. The van der Waals surface area contributed by atoms with Crippen LogP contribution in [-0.4, -0.2) is 74.9 Å². The van der Waals surface area contributed by atoms with Gasteiger partial charge in [0.05, 0.1) is 27.7 Å². The number of unbranched alkanes of at least 4 members (excludes halogenated alkanes) is 34. The van der Waals surface area contributed by atoms with Crippen LogP contribution in [0.15, 0.2) is 97.2 Å². The van der Waals surface area contributed by atoms with Gasteiger partial charge in [-0.1, -0.05) is 297 Å². The van der Waals surface area contributed by atoms with Gasteiger partial charge in [0.2, 0.25) is 0 Å². The second kappa shape index (κ2) is 64.4. The highest BCUT2D eigenvalue weighted by Gasteiger charge is 2.27. The summed E-state index contributed by atoms with van der Waals surface area (Å²) in [6, 6.07) is 0. The van der Waals surface area contributed by atoms with Crippen molar-refractivity contribution in [2.24, 2.45) is 0 Å². The molecule has 0 aliphatic carbocycles. The molecule has 2 unspecified atom stereocenters. The standard InChI is InChI=1S/C74H132NO8P/c1-6-8-10-12-14-16-18-20-22-24-26-28-30-32-34-36-37-39-41-43-45-47-49-51-53-55-57-59-61-63-65-67-74(77)83-72(71-82-84(78,79)81-69-68-75(3,4)5)70-80-73(76)66-64-62-60-58-56-54-52-50-48-46-44-42-40-38-35-33-31-29-27-25-23-21-19-17-15-13-11-9-7-2/h8,10,14,16,20,22,25-28,32,34,37,39,43,45,72H,6-7,9,11-13,15,17-19,21,23-24,29-31,33,35-36,38,40-42,44,46-71H2,1-5H3/p+1/b10-8-,16-14-,22-20-,27-25-,28-26-,34-32-,39-37-,45-43-. The van der Waals surface area contributed by atoms with Crippen molar-refractivity contribution in [2.75, 3.05) is 47.5 Å². The molecule has 0 aliphatic heterocycles. The fourth-order valence-electron chi connectivity index (χ4n) is 9.76. The topological polar surface area (TPSA) is 108 Å². The Bertz CT molecular complexity index is 1740. The third kappa shape index (κ3) is 68.0. The van der Waals surface area contributed by atoms with Crippen LogP contribution >= 0.6 is 7.82 Å². The third-order valence-electron chi connectivity index (χ3n) is 15.1. The lowest BCUT2D eigenvalue weighted by Gasteiger charge is -2.24. The van der Waals surface area contributed by atoms with Crippen LogP contribution in [0.25, 0.3) is 0 Å². The van der Waals surface area contributed by atoms with Crippen LogP contribution in [0.5, 0.6) is 0 Å². The maximum Gasteiger partial charge on any atom is 0.472 e. The second-order valence-electron chi connectivity index (χ2n) is 24.5. The second-order valence-corrected chi connectivity index (χ2v) is 26.0. The fraction of sp³-hybridized carbons (Fsp3) is 0.757. The van der Waals surface area contributed by atoms with Gasteiger partial charge in [0.15, 0.2) is 6.10 Å². The van der Waals surface area contributed by atoms with Gasteiger partial charge < -0.3 is 18.9 Å². The van der Waals surface area contributed by atoms with Crippen LogP contribution in [0.2, 0.25) is 0 Å². The lowest BCUT2D eigenvalue weighted by atomic mass is 10.0. The van der Waals surface area contributed by atoms with E-state index in [1.165, 1.54) is 186 Å². The van der Waals surface area contributed by atoms with E-state index in [4.69, 9.17) is 18.5 Å². The molecule has 0 radical (unpaired) electrons. The molecule has 84 heavy (non-hydrogen) atoms. The highest BCUT2D eigenvalue weighted by molar-refractivity contribution is 7.47. The molecule has 0 fully saturated rings. The van der Waals surface area contributed by atoms with Crippen molar-refractivity contribution in [1.82, 2.24) is 0 Å². The molecule has 2 atom stereocenters. The van der Waals surface area contributed by atoms with Crippen molar-refractivity contribution < 1.29 is 42.1 Å². The summed E-state index contributed by atoms with van der Waals surface area (Å²) in [6.07, 6.45) is 89.4. The molecular weight excluding hydrogens is 1060 g/mol. The van der Waals surface area contributed by atoms with Crippen molar-refractivity contribution >= 4 is 19.8 Å². The summed E-state index contributed by atoms with van der Waals surface area (Å²) in [6.45, 7) is 4.34. The quantitative estimate of drug-likeness (QED) is 0.0211. The summed E-state index contributed by atoms with van der Waals surface area (Å²) >= 11 is 0. The number of quaternary nitrogens is 1. The number of ether oxygens (including phenoxy) is 2. The number of nitrogens with zero attached hydrogens (tertiary/aromatic N) is 1. The normalized spacial score (nSPS) is 13.7. The molecule has 9 nitrogen and oxygen atoms in total. The Hall–Kier alpha value is -3.07. The van der Waals surface area contributed by atoms with Gasteiger partial charge in [-0.3, -0.25) is 18.6 Å². The fourth-order valence-corrected chi connectivity index (χ4v) is 10.5. The molecule has 0 aromatic rings. The molecule has 0 bridgehead atoms. The van der Waals surface area contributed by atoms with E-state index in [1.54, 1.807) is 0 Å². The van der Waals surface area contributed by atoms with Crippen LogP contribution < -0.4 is 0 Å². The Morgan fingerprint density at radius 2 is 0.679 bits per heavy atom. The summed E-state index contributed by atoms with van der Waals surface area (Å²) < 4.78 is 34.7. The molecule has 0 rings (SSSR count). The lowest BCUT2D eigenvalue weighted by Crippen LogP contribution is -2.37. The van der Waals surface area contributed by atoms with E-state index in [1.807, 2.05) is 21.1 Å². The minimum Gasteiger partial charge on any atom is -0.462 e. The van der Waals surface area contributed by atoms with Crippen LogP contribution in [0, 0.1) is 0 Å². The first-order valence-electron chi connectivity index (χ1n) is 35.0. The van der Waals surface area contributed by atoms with Gasteiger partial charge in [0.25, 0.3) is 0 Å². The van der Waals surface area contributed by atoms with Gasteiger partial charge in [0.1, 0.15) is 19.8 Å². The number of rotatable bonds is 64. The van der Waals surface area contributed by atoms with Crippen molar-refractivity contribution in [3.8, 4) is 0 Å². The molecule has 0 aliphatic rings. The number of hydrogen-bond acceptors (Lipinski definition) is 7. The van der Waals surface area contributed by atoms with Gasteiger partial charge in [0, 0.05) is 12.8 Å². The molecular formula is C74H133NO8P+. The number of phosphoric acid groups is 1. The number of phosphoric ester groups is 1. The van der Waals surface area contributed by atoms with Crippen molar-refractivity contribution in [3.05, 3.63) is 97.2 Å². The van der Waals surface area contributed by atoms with Crippen LogP contribution in [-0.2, 0) is 32.7 Å². The zero-order chi connectivity index (χ0) is 61.2. The Morgan fingerprint density at radius 1 is 0.381 bits per heavy atom. The molecule has 0 saturated carbocycles. The number of hydrogen-bond donors (Lipinski definition) is 1. The van der Waals surface area contributed by atoms with Gasteiger partial charge in [-0.2, -0.15) is 0 Å². The summed E-state index contributed by atoms with van der Waals surface area (Å²) in [5, 5.41) is 0. The first-order chi connectivity index (χ1) is 41.0. The highest BCUT2D eigenvalue weighted by atomic mass is 31.2. The van der Waals surface area contributed by atoms with E-state index in [-0.39, 0.29) is 32.0 Å². The van der Waals surface area contributed by atoms with E-state index in [2.05, 4.69) is 111 Å². The van der Waals surface area contributed by atoms with Gasteiger partial charge in [-0.25, -0.2) is 4.57 Å². The van der Waals surface area contributed by atoms with Gasteiger partial charge in [-0.05, 0) is 96.3 Å². The Kier molecular flexibility index (Phi) is 62.1. The number of esters is 2. The average molecular weight is 1200 g/mol. The Balaban J connectivity index is 4.08. The average Bonchev–Trinajstić information content (AvgIpc) is 3.61. The molecule has 10 heteroatoms. The predicted molar refractivity (Wildman–Crippen MR) is 362 cm³/mol. The Labute approximate surface area is 519 Å². The van der Waals surface area contributed by atoms with Crippen LogP contribution in [0.4, 0.5) is 0 Å². The molecule has 0 heterocycles. The number of likely N-dealkylation sites (N-methyl/N-ethyl adjacent to an activating group) is 1. The maximum absolute atomic E-state index is 12.9. The minimum atomic E-state index is -4.40. The zero-order valence-corrected chi connectivity index (χ0v) is 56.3. The van der Waals surface area contributed by atoms with E-state index in [0.29, 0.717) is 17.4 Å². The molecule has 0 amide bonds. The van der Waals surface area contributed by atoms with Gasteiger partial charge in [-0.15, -0.1) is 0 Å². The summed E-state index contributed by atoms with van der Waals surface area (Å²) in [5.41, 5.74) is 0. The predicted octanol–water partition coefficient (Wildman–Crippen LogP) is 22.7. The van der Waals surface area contributed by atoms with E-state index < -0.39 is 26.5 Å².